The molecule has 0 radical (unpaired) electrons. The molecule has 2 atom stereocenters. The van der Waals surface area contributed by atoms with Crippen LogP contribution in [0.4, 0.5) is 0 Å². The van der Waals surface area contributed by atoms with Gasteiger partial charge in [0.15, 0.2) is 0 Å². The van der Waals surface area contributed by atoms with E-state index in [0.717, 1.165) is 31.5 Å². The van der Waals surface area contributed by atoms with Crippen molar-refractivity contribution in [3.05, 3.63) is 35.4 Å². The normalized spacial score (nSPS) is 18.4. The van der Waals surface area contributed by atoms with Crippen molar-refractivity contribution in [2.45, 2.75) is 45.7 Å². The third kappa shape index (κ3) is 5.80. The molecule has 24 heavy (non-hydrogen) atoms. The number of carbonyl (C=O) groups excluding carboxylic acids is 2. The molecule has 0 saturated carbocycles. The number of aryl methyl sites for hydroxylation is 1. The van der Waals surface area contributed by atoms with E-state index in [0.29, 0.717) is 5.56 Å². The van der Waals surface area contributed by atoms with E-state index in [1.54, 1.807) is 12.1 Å². The van der Waals surface area contributed by atoms with E-state index in [-0.39, 0.29) is 36.2 Å². The van der Waals surface area contributed by atoms with Gasteiger partial charge < -0.3 is 16.0 Å². The first-order valence-corrected chi connectivity index (χ1v) is 8.36. The Morgan fingerprint density at radius 2 is 1.88 bits per heavy atom. The molecule has 134 valence electrons. The van der Waals surface area contributed by atoms with Gasteiger partial charge in [-0.2, -0.15) is 0 Å². The van der Waals surface area contributed by atoms with Crippen LogP contribution in [0.15, 0.2) is 24.3 Å². The van der Waals surface area contributed by atoms with Crippen LogP contribution in [0.1, 0.15) is 42.6 Å². The van der Waals surface area contributed by atoms with Crippen LogP contribution in [0, 0.1) is 12.8 Å². The van der Waals surface area contributed by atoms with Crippen LogP contribution >= 0.6 is 12.4 Å². The summed E-state index contributed by atoms with van der Waals surface area (Å²) in [4.78, 5) is 24.9. The summed E-state index contributed by atoms with van der Waals surface area (Å²) in [6.07, 6.45) is 2.04. The zero-order valence-corrected chi connectivity index (χ0v) is 15.4. The minimum Gasteiger partial charge on any atom is -0.350 e. The van der Waals surface area contributed by atoms with Crippen molar-refractivity contribution in [1.29, 1.82) is 0 Å². The molecule has 1 aliphatic heterocycles. The average molecular weight is 354 g/mol. The molecule has 1 saturated heterocycles. The Hall–Kier alpha value is -1.59. The summed E-state index contributed by atoms with van der Waals surface area (Å²) >= 11 is 0. The summed E-state index contributed by atoms with van der Waals surface area (Å²) in [6, 6.07) is 6.98. The van der Waals surface area contributed by atoms with Gasteiger partial charge in [-0.15, -0.1) is 12.4 Å². The van der Waals surface area contributed by atoms with Crippen molar-refractivity contribution in [3.8, 4) is 0 Å². The number of hydrogen-bond donors (Lipinski definition) is 3. The maximum absolute atomic E-state index is 12.5. The van der Waals surface area contributed by atoms with Crippen LogP contribution in [0.5, 0.6) is 0 Å². The summed E-state index contributed by atoms with van der Waals surface area (Å²) in [7, 11) is 0. The fourth-order valence-corrected chi connectivity index (χ4v) is 2.73. The van der Waals surface area contributed by atoms with Gasteiger partial charge in [0, 0.05) is 18.2 Å². The number of benzene rings is 1. The number of halogens is 1. The lowest BCUT2D eigenvalue weighted by atomic mass is 10.0. The minimum atomic E-state index is -0.522. The first-order valence-electron chi connectivity index (χ1n) is 8.36. The molecule has 2 amide bonds. The van der Waals surface area contributed by atoms with E-state index in [4.69, 9.17) is 0 Å². The molecule has 1 fully saturated rings. The Balaban J connectivity index is 0.00000288. The molecule has 2 unspecified atom stereocenters. The van der Waals surface area contributed by atoms with Crippen LogP contribution in [-0.2, 0) is 4.79 Å². The fraction of sp³-hybridized carbons (Fsp3) is 0.556. The molecule has 0 bridgehead atoms. The van der Waals surface area contributed by atoms with Gasteiger partial charge in [0.25, 0.3) is 5.91 Å². The Morgan fingerprint density at radius 3 is 2.42 bits per heavy atom. The van der Waals surface area contributed by atoms with Gasteiger partial charge in [0.1, 0.15) is 6.04 Å². The fourth-order valence-electron chi connectivity index (χ4n) is 2.73. The Morgan fingerprint density at radius 1 is 1.21 bits per heavy atom. The van der Waals surface area contributed by atoms with Gasteiger partial charge >= 0.3 is 0 Å². The maximum Gasteiger partial charge on any atom is 0.251 e. The Bertz CT molecular complexity index is 540. The predicted molar refractivity (Wildman–Crippen MR) is 98.6 cm³/mol. The molecule has 1 aliphatic rings. The lowest BCUT2D eigenvalue weighted by molar-refractivity contribution is -0.124. The summed E-state index contributed by atoms with van der Waals surface area (Å²) in [5, 5.41) is 9.20. The van der Waals surface area contributed by atoms with Gasteiger partial charge in [0.2, 0.25) is 5.91 Å². The lowest BCUT2D eigenvalue weighted by Crippen LogP contribution is -2.54. The minimum absolute atomic E-state index is 0. The predicted octanol–water partition coefficient (Wildman–Crippen LogP) is 2.04. The molecule has 0 aromatic heterocycles. The number of carbonyl (C=O) groups is 2. The SMILES string of the molecule is Cc1ccc(C(=O)NC(C(=O)NC2CCCNC2)C(C)C)cc1.Cl. The third-order valence-electron chi connectivity index (χ3n) is 4.19. The summed E-state index contributed by atoms with van der Waals surface area (Å²) in [5.74, 6) is -0.282. The molecule has 1 aromatic rings. The van der Waals surface area contributed by atoms with Gasteiger partial charge in [-0.05, 0) is 44.4 Å². The molecule has 5 nitrogen and oxygen atoms in total. The second kappa shape index (κ2) is 9.64. The maximum atomic E-state index is 12.5. The van der Waals surface area contributed by atoms with Gasteiger partial charge in [-0.3, -0.25) is 9.59 Å². The average Bonchev–Trinajstić information content (AvgIpc) is 2.53. The number of rotatable bonds is 5. The third-order valence-corrected chi connectivity index (χ3v) is 4.19. The summed E-state index contributed by atoms with van der Waals surface area (Å²) in [5.41, 5.74) is 1.68. The second-order valence-corrected chi connectivity index (χ2v) is 6.61. The molecule has 0 spiro atoms. The summed E-state index contributed by atoms with van der Waals surface area (Å²) in [6.45, 7) is 7.66. The van der Waals surface area contributed by atoms with Crippen molar-refractivity contribution in [2.24, 2.45) is 5.92 Å². The molecular formula is C18H28ClN3O2. The summed E-state index contributed by atoms with van der Waals surface area (Å²) < 4.78 is 0. The van der Waals surface area contributed by atoms with Crippen molar-refractivity contribution in [2.75, 3.05) is 13.1 Å². The van der Waals surface area contributed by atoms with Gasteiger partial charge in [0.05, 0.1) is 0 Å². The highest BCUT2D eigenvalue weighted by Crippen LogP contribution is 2.08. The van der Waals surface area contributed by atoms with Crippen molar-refractivity contribution >= 4 is 24.2 Å². The first-order chi connectivity index (χ1) is 11.0. The van der Waals surface area contributed by atoms with Gasteiger partial charge in [-0.1, -0.05) is 31.5 Å². The van der Waals surface area contributed by atoms with E-state index in [1.807, 2.05) is 32.9 Å². The molecule has 0 aliphatic carbocycles. The highest BCUT2D eigenvalue weighted by molar-refractivity contribution is 5.97. The van der Waals surface area contributed by atoms with Crippen LogP contribution < -0.4 is 16.0 Å². The van der Waals surface area contributed by atoms with Crippen LogP contribution in [-0.4, -0.2) is 37.0 Å². The molecular weight excluding hydrogens is 326 g/mol. The molecule has 1 aromatic carbocycles. The highest BCUT2D eigenvalue weighted by atomic mass is 35.5. The molecule has 6 heteroatoms. The van der Waals surface area contributed by atoms with Crippen LogP contribution in [0.2, 0.25) is 0 Å². The number of piperidine rings is 1. The van der Waals surface area contributed by atoms with Crippen LogP contribution in [0.25, 0.3) is 0 Å². The highest BCUT2D eigenvalue weighted by Gasteiger charge is 2.27. The monoisotopic (exact) mass is 353 g/mol. The smallest absolute Gasteiger partial charge is 0.251 e. The Labute approximate surface area is 150 Å². The first kappa shape index (κ1) is 20.5. The molecule has 3 N–H and O–H groups in total. The van der Waals surface area contributed by atoms with E-state index < -0.39 is 6.04 Å². The number of nitrogens with one attached hydrogen (secondary N) is 3. The lowest BCUT2D eigenvalue weighted by Gasteiger charge is -2.28. The molecule has 1 heterocycles. The topological polar surface area (TPSA) is 70.2 Å². The van der Waals surface area contributed by atoms with E-state index in [9.17, 15) is 9.59 Å². The van der Waals surface area contributed by atoms with Crippen molar-refractivity contribution < 1.29 is 9.59 Å². The van der Waals surface area contributed by atoms with Gasteiger partial charge in [-0.25, -0.2) is 0 Å². The quantitative estimate of drug-likeness (QED) is 0.758. The zero-order chi connectivity index (χ0) is 16.8. The number of hydrogen-bond acceptors (Lipinski definition) is 3. The molecule has 2 rings (SSSR count). The second-order valence-electron chi connectivity index (χ2n) is 6.61. The largest absolute Gasteiger partial charge is 0.350 e. The van der Waals surface area contributed by atoms with E-state index in [1.165, 1.54) is 0 Å². The van der Waals surface area contributed by atoms with E-state index in [2.05, 4.69) is 16.0 Å². The zero-order valence-electron chi connectivity index (χ0n) is 14.6. The van der Waals surface area contributed by atoms with Crippen molar-refractivity contribution in [3.63, 3.8) is 0 Å². The van der Waals surface area contributed by atoms with Crippen molar-refractivity contribution in [1.82, 2.24) is 16.0 Å². The Kier molecular flexibility index (Phi) is 8.22. The van der Waals surface area contributed by atoms with Crippen LogP contribution in [0.3, 0.4) is 0 Å². The standard InChI is InChI=1S/C18H27N3O2.ClH/c1-12(2)16(18(23)20-15-5-4-10-19-11-15)21-17(22)14-8-6-13(3)7-9-14;/h6-9,12,15-16,19H,4-5,10-11H2,1-3H3,(H,20,23)(H,21,22);1H. The van der Waals surface area contributed by atoms with E-state index >= 15 is 0 Å². The number of amides is 2.